The molecule has 1 amide bonds. The highest BCUT2D eigenvalue weighted by atomic mass is 16.3. The fourth-order valence-corrected chi connectivity index (χ4v) is 3.52. The molecule has 2 aliphatic rings. The highest BCUT2D eigenvalue weighted by molar-refractivity contribution is 5.82. The third kappa shape index (κ3) is 3.27. The summed E-state index contributed by atoms with van der Waals surface area (Å²) in [4.78, 5) is 19.6. The predicted octanol–water partition coefficient (Wildman–Crippen LogP) is 0.481. The van der Waals surface area contributed by atoms with Crippen molar-refractivity contribution in [3.8, 4) is 0 Å². The molecule has 3 atom stereocenters. The summed E-state index contributed by atoms with van der Waals surface area (Å²) in [6, 6.07) is -0.259. The number of nitrogens with zero attached hydrogens (tertiary/aromatic N) is 1. The number of aromatic nitrogens is 2. The third-order valence-corrected chi connectivity index (χ3v) is 4.71. The molecular formula is C15H24N4O2. The third-order valence-electron chi connectivity index (χ3n) is 4.71. The van der Waals surface area contributed by atoms with Crippen molar-refractivity contribution in [2.24, 2.45) is 5.92 Å². The van der Waals surface area contributed by atoms with Crippen molar-refractivity contribution >= 4 is 5.91 Å². The molecular weight excluding hydrogens is 268 g/mol. The normalized spacial score (nSPS) is 32.5. The number of imidazole rings is 1. The molecule has 1 aromatic rings. The van der Waals surface area contributed by atoms with Crippen molar-refractivity contribution in [2.45, 2.75) is 57.2 Å². The fraction of sp³-hybridized carbons (Fsp3) is 0.733. The number of carbonyl (C=O) groups excluding carboxylic acids is 1. The molecule has 3 unspecified atom stereocenters. The molecule has 3 rings (SSSR count). The van der Waals surface area contributed by atoms with Gasteiger partial charge >= 0.3 is 0 Å². The highest BCUT2D eigenvalue weighted by Gasteiger charge is 2.34. The Bertz CT molecular complexity index is 516. The number of aromatic amines is 1. The van der Waals surface area contributed by atoms with Crippen molar-refractivity contribution in [1.29, 1.82) is 0 Å². The van der Waals surface area contributed by atoms with Crippen LogP contribution in [0.25, 0.3) is 0 Å². The van der Waals surface area contributed by atoms with Gasteiger partial charge in [0.1, 0.15) is 0 Å². The number of hydrogen-bond donors (Lipinski definition) is 4. The van der Waals surface area contributed by atoms with Crippen molar-refractivity contribution in [3.05, 3.63) is 17.7 Å². The van der Waals surface area contributed by atoms with E-state index in [9.17, 15) is 9.90 Å². The Morgan fingerprint density at radius 3 is 3.29 bits per heavy atom. The average molecular weight is 292 g/mol. The van der Waals surface area contributed by atoms with Gasteiger partial charge in [0.25, 0.3) is 0 Å². The van der Waals surface area contributed by atoms with Crippen LogP contribution in [-0.2, 0) is 17.8 Å². The van der Waals surface area contributed by atoms with Crippen molar-refractivity contribution in [3.63, 3.8) is 0 Å². The Kier molecular flexibility index (Phi) is 3.99. The van der Waals surface area contributed by atoms with Crippen molar-refractivity contribution in [2.75, 3.05) is 6.54 Å². The van der Waals surface area contributed by atoms with E-state index in [-0.39, 0.29) is 11.9 Å². The molecule has 1 aliphatic carbocycles. The molecule has 116 valence electrons. The lowest BCUT2D eigenvalue weighted by molar-refractivity contribution is -0.125. The molecule has 0 aromatic carbocycles. The number of fused-ring (bicyclic) bond motifs is 1. The quantitative estimate of drug-likeness (QED) is 0.652. The first-order chi connectivity index (χ1) is 10.1. The summed E-state index contributed by atoms with van der Waals surface area (Å²) in [6.45, 7) is 3.14. The Hall–Kier alpha value is -1.40. The summed E-state index contributed by atoms with van der Waals surface area (Å²) in [6.07, 6.45) is 6.01. The maximum absolute atomic E-state index is 12.3. The van der Waals surface area contributed by atoms with Gasteiger partial charge in [-0.05, 0) is 18.8 Å². The molecule has 0 radical (unpaired) electrons. The molecule has 6 heteroatoms. The number of carbonyl (C=O) groups is 1. The highest BCUT2D eigenvalue weighted by Crippen LogP contribution is 2.31. The van der Waals surface area contributed by atoms with Crippen LogP contribution in [0.2, 0.25) is 0 Å². The van der Waals surface area contributed by atoms with Crippen LogP contribution >= 0.6 is 0 Å². The second-order valence-corrected chi connectivity index (χ2v) is 6.61. The van der Waals surface area contributed by atoms with E-state index >= 15 is 0 Å². The monoisotopic (exact) mass is 292 g/mol. The van der Waals surface area contributed by atoms with E-state index in [2.05, 4.69) is 27.5 Å². The lowest BCUT2D eigenvalue weighted by atomic mass is 9.79. The zero-order valence-corrected chi connectivity index (χ0v) is 12.5. The number of aliphatic hydroxyl groups is 1. The number of H-pyrrole nitrogens is 1. The summed E-state index contributed by atoms with van der Waals surface area (Å²) < 4.78 is 0. The van der Waals surface area contributed by atoms with Gasteiger partial charge in [-0.25, -0.2) is 4.98 Å². The summed E-state index contributed by atoms with van der Waals surface area (Å²) in [7, 11) is 0. The number of rotatable bonds is 3. The van der Waals surface area contributed by atoms with Gasteiger partial charge in [0, 0.05) is 19.5 Å². The van der Waals surface area contributed by atoms with E-state index in [4.69, 9.17) is 0 Å². The molecule has 6 nitrogen and oxygen atoms in total. The minimum absolute atomic E-state index is 0.0460. The minimum atomic E-state index is -0.737. The average Bonchev–Trinajstić information content (AvgIpc) is 2.92. The predicted molar refractivity (Wildman–Crippen MR) is 78.5 cm³/mol. The standard InChI is InChI=1S/C15H24N4O2/c1-10-3-2-4-15(21,6-10)8-17-14(20)12-5-11-13(7-16-12)19-9-18-11/h9-10,12,16,21H,2-8H2,1H3,(H,17,20)(H,18,19). The first-order valence-corrected chi connectivity index (χ1v) is 7.80. The van der Waals surface area contributed by atoms with Crippen molar-refractivity contribution in [1.82, 2.24) is 20.6 Å². The summed E-state index contributed by atoms with van der Waals surface area (Å²) in [5.41, 5.74) is 1.28. The number of amides is 1. The Morgan fingerprint density at radius 2 is 2.48 bits per heavy atom. The molecule has 1 aliphatic heterocycles. The zero-order chi connectivity index (χ0) is 14.9. The van der Waals surface area contributed by atoms with E-state index < -0.39 is 5.60 Å². The van der Waals surface area contributed by atoms with Gasteiger partial charge in [-0.1, -0.05) is 19.8 Å². The maximum Gasteiger partial charge on any atom is 0.237 e. The topological polar surface area (TPSA) is 90.0 Å². The minimum Gasteiger partial charge on any atom is -0.388 e. The Labute approximate surface area is 124 Å². The van der Waals surface area contributed by atoms with Crippen LogP contribution in [0.15, 0.2) is 6.33 Å². The summed E-state index contributed by atoms with van der Waals surface area (Å²) in [5, 5.41) is 16.7. The smallest absolute Gasteiger partial charge is 0.237 e. The first-order valence-electron chi connectivity index (χ1n) is 7.80. The molecule has 21 heavy (non-hydrogen) atoms. The van der Waals surface area contributed by atoms with Crippen LogP contribution in [0.1, 0.15) is 44.0 Å². The van der Waals surface area contributed by atoms with Gasteiger partial charge in [0.15, 0.2) is 0 Å². The molecule has 0 saturated heterocycles. The van der Waals surface area contributed by atoms with Crippen molar-refractivity contribution < 1.29 is 9.90 Å². The summed E-state index contributed by atoms with van der Waals surface area (Å²) >= 11 is 0. The van der Waals surface area contributed by atoms with Gasteiger partial charge < -0.3 is 15.4 Å². The molecule has 0 bridgehead atoms. The van der Waals surface area contributed by atoms with Gasteiger partial charge in [-0.15, -0.1) is 0 Å². The van der Waals surface area contributed by atoms with Crippen LogP contribution in [0, 0.1) is 5.92 Å². The van der Waals surface area contributed by atoms with E-state index in [1.54, 1.807) is 6.33 Å². The Balaban J connectivity index is 1.53. The van der Waals surface area contributed by atoms with Crippen LogP contribution in [-0.4, -0.2) is 39.2 Å². The fourth-order valence-electron chi connectivity index (χ4n) is 3.52. The number of nitrogens with one attached hydrogen (secondary N) is 3. The SMILES string of the molecule is CC1CCCC(O)(CNC(=O)C2Cc3nc[nH]c3CN2)C1. The van der Waals surface area contributed by atoms with Gasteiger partial charge in [-0.2, -0.15) is 0 Å². The van der Waals surface area contributed by atoms with E-state index in [1.807, 2.05) is 0 Å². The Morgan fingerprint density at radius 1 is 1.62 bits per heavy atom. The van der Waals surface area contributed by atoms with Crippen LogP contribution in [0.5, 0.6) is 0 Å². The van der Waals surface area contributed by atoms with E-state index in [1.165, 1.54) is 6.42 Å². The molecule has 0 spiro atoms. The lowest BCUT2D eigenvalue weighted by Crippen LogP contribution is -2.52. The zero-order valence-electron chi connectivity index (χ0n) is 12.5. The molecule has 1 saturated carbocycles. The van der Waals surface area contributed by atoms with Gasteiger partial charge in [-0.3, -0.25) is 10.1 Å². The van der Waals surface area contributed by atoms with E-state index in [0.717, 1.165) is 30.7 Å². The molecule has 2 heterocycles. The first kappa shape index (κ1) is 14.5. The van der Waals surface area contributed by atoms with E-state index in [0.29, 0.717) is 25.4 Å². The summed E-state index contributed by atoms with van der Waals surface area (Å²) in [5.74, 6) is 0.482. The second-order valence-electron chi connectivity index (χ2n) is 6.61. The molecule has 4 N–H and O–H groups in total. The van der Waals surface area contributed by atoms with Gasteiger partial charge in [0.2, 0.25) is 5.91 Å². The molecule has 1 fully saturated rings. The van der Waals surface area contributed by atoms with Crippen LogP contribution in [0.3, 0.4) is 0 Å². The molecule has 1 aromatic heterocycles. The van der Waals surface area contributed by atoms with Gasteiger partial charge in [0.05, 0.1) is 29.4 Å². The van der Waals surface area contributed by atoms with Crippen LogP contribution in [0.4, 0.5) is 0 Å². The number of hydrogen-bond acceptors (Lipinski definition) is 4. The largest absolute Gasteiger partial charge is 0.388 e. The maximum atomic E-state index is 12.3. The van der Waals surface area contributed by atoms with Crippen LogP contribution < -0.4 is 10.6 Å². The lowest BCUT2D eigenvalue weighted by Gasteiger charge is -2.36. The second kappa shape index (κ2) is 5.77.